The predicted molar refractivity (Wildman–Crippen MR) is 170 cm³/mol. The summed E-state index contributed by atoms with van der Waals surface area (Å²) in [5.41, 5.74) is 4.40. The molecule has 0 amide bonds. The first-order chi connectivity index (χ1) is 20.7. The molecule has 0 saturated carbocycles. The molecule has 0 unspecified atom stereocenters. The highest BCUT2D eigenvalue weighted by Crippen LogP contribution is 2.42. The van der Waals surface area contributed by atoms with Crippen LogP contribution in [-0.4, -0.2) is 30.1 Å². The number of phenols is 2. The lowest BCUT2D eigenvalue weighted by atomic mass is 10.0. The zero-order valence-corrected chi connectivity index (χ0v) is 22.2. The van der Waals surface area contributed by atoms with Gasteiger partial charge < -0.3 is 20.2 Å². The molecule has 2 heterocycles. The Morgan fingerprint density at radius 3 is 1.14 bits per heavy atom. The summed E-state index contributed by atoms with van der Waals surface area (Å²) in [5, 5.41) is 30.8. The highest BCUT2D eigenvalue weighted by atomic mass is 16.3. The summed E-state index contributed by atoms with van der Waals surface area (Å²) in [6, 6.07) is 36.0. The third-order valence-corrected chi connectivity index (χ3v) is 8.37. The van der Waals surface area contributed by atoms with Crippen molar-refractivity contribution in [3.63, 3.8) is 0 Å². The normalized spacial score (nSPS) is 12.0. The molecule has 4 N–H and O–H groups in total. The first-order valence-corrected chi connectivity index (χ1v) is 13.8. The zero-order chi connectivity index (χ0) is 27.9. The van der Waals surface area contributed by atoms with Gasteiger partial charge in [-0.25, -0.2) is 9.97 Å². The van der Waals surface area contributed by atoms with Crippen molar-refractivity contribution in [2.45, 2.75) is 0 Å². The number of nitrogens with zero attached hydrogens (tertiary/aromatic N) is 2. The van der Waals surface area contributed by atoms with Crippen LogP contribution in [0.2, 0.25) is 0 Å². The second kappa shape index (κ2) is 8.32. The Bertz CT molecular complexity index is 2240. The smallest absolute Gasteiger partial charge is 0.142 e. The van der Waals surface area contributed by atoms with E-state index in [-0.39, 0.29) is 11.5 Å². The molecular formula is C36H22N4O2. The summed E-state index contributed by atoms with van der Waals surface area (Å²) in [6.45, 7) is 0. The lowest BCUT2D eigenvalue weighted by Crippen LogP contribution is -1.87. The molecule has 9 rings (SSSR count). The highest BCUT2D eigenvalue weighted by Gasteiger charge is 2.20. The van der Waals surface area contributed by atoms with Gasteiger partial charge >= 0.3 is 0 Å². The number of nitrogens with one attached hydrogen (secondary N) is 2. The van der Waals surface area contributed by atoms with Gasteiger partial charge in [-0.1, -0.05) is 97.1 Å². The number of aromatic hydroxyl groups is 2. The van der Waals surface area contributed by atoms with Gasteiger partial charge in [0.2, 0.25) is 0 Å². The van der Waals surface area contributed by atoms with E-state index in [0.29, 0.717) is 22.8 Å². The molecule has 0 bridgehead atoms. The Balaban J connectivity index is 1.30. The van der Waals surface area contributed by atoms with Gasteiger partial charge in [0.05, 0.1) is 33.2 Å². The number of fused-ring (bicyclic) bond motifs is 12. The summed E-state index contributed by atoms with van der Waals surface area (Å²) in [4.78, 5) is 16.9. The Morgan fingerprint density at radius 1 is 0.405 bits per heavy atom. The summed E-state index contributed by atoms with van der Waals surface area (Å²) in [6.07, 6.45) is 0. The number of hydrogen-bond donors (Lipinski definition) is 4. The Morgan fingerprint density at radius 2 is 0.738 bits per heavy atom. The molecule has 6 heteroatoms. The van der Waals surface area contributed by atoms with Crippen molar-refractivity contribution >= 4 is 65.2 Å². The van der Waals surface area contributed by atoms with Crippen molar-refractivity contribution in [2.24, 2.45) is 0 Å². The average molecular weight is 543 g/mol. The van der Waals surface area contributed by atoms with E-state index < -0.39 is 0 Å². The van der Waals surface area contributed by atoms with Crippen molar-refractivity contribution in [3.8, 4) is 34.3 Å². The minimum Gasteiger partial charge on any atom is -0.507 e. The lowest BCUT2D eigenvalue weighted by molar-refractivity contribution is 0.452. The molecule has 0 aliphatic heterocycles. The van der Waals surface area contributed by atoms with E-state index in [0.717, 1.165) is 65.2 Å². The van der Waals surface area contributed by atoms with Crippen LogP contribution in [0.1, 0.15) is 0 Å². The van der Waals surface area contributed by atoms with Crippen molar-refractivity contribution in [3.05, 3.63) is 109 Å². The van der Waals surface area contributed by atoms with E-state index in [9.17, 15) is 10.2 Å². The fourth-order valence-electron chi connectivity index (χ4n) is 6.46. The van der Waals surface area contributed by atoms with E-state index in [2.05, 4.69) is 58.5 Å². The summed E-state index contributed by atoms with van der Waals surface area (Å²) in [5.74, 6) is 0.876. The number of hydrogen-bond acceptors (Lipinski definition) is 4. The zero-order valence-electron chi connectivity index (χ0n) is 22.2. The maximum absolute atomic E-state index is 11.0. The van der Waals surface area contributed by atoms with Crippen LogP contribution in [0.5, 0.6) is 11.5 Å². The van der Waals surface area contributed by atoms with Crippen molar-refractivity contribution in [1.29, 1.82) is 0 Å². The largest absolute Gasteiger partial charge is 0.507 e. The molecule has 7 aromatic carbocycles. The van der Waals surface area contributed by atoms with Crippen LogP contribution in [0.4, 0.5) is 0 Å². The van der Waals surface area contributed by atoms with Crippen molar-refractivity contribution in [1.82, 2.24) is 19.9 Å². The Kier molecular flexibility index (Phi) is 4.53. The third-order valence-electron chi connectivity index (χ3n) is 8.37. The lowest BCUT2D eigenvalue weighted by Gasteiger charge is -2.07. The van der Waals surface area contributed by atoms with Crippen LogP contribution in [0, 0.1) is 0 Å². The molecule has 42 heavy (non-hydrogen) atoms. The standard InChI is InChI=1S/C36H22N4O2/c41-29-18-30(42)28(36-39-33-25-15-7-3-11-21(25)22-12-4-8-16-26(22)34(33)40-36)17-27(29)35-37-31-23-13-5-1-9-19(23)20-10-2-6-14-24(20)32(31)38-35/h1-18,41-42H,(H,37,38)(H,39,40). The van der Waals surface area contributed by atoms with Gasteiger partial charge in [-0.05, 0) is 27.6 Å². The van der Waals surface area contributed by atoms with Gasteiger partial charge in [-0.2, -0.15) is 0 Å². The number of phenolic OH excluding ortho intramolecular Hbond substituents is 2. The molecule has 0 aliphatic rings. The maximum Gasteiger partial charge on any atom is 0.142 e. The second-order valence-corrected chi connectivity index (χ2v) is 10.7. The number of aromatic nitrogens is 4. The third kappa shape index (κ3) is 3.09. The molecule has 0 saturated heterocycles. The summed E-state index contributed by atoms with van der Waals surface area (Å²) >= 11 is 0. The van der Waals surface area contributed by atoms with E-state index >= 15 is 0 Å². The van der Waals surface area contributed by atoms with Gasteiger partial charge in [0.15, 0.2) is 0 Å². The van der Waals surface area contributed by atoms with Gasteiger partial charge in [-0.3, -0.25) is 0 Å². The fraction of sp³-hybridized carbons (Fsp3) is 0. The topological polar surface area (TPSA) is 97.8 Å². The van der Waals surface area contributed by atoms with Gasteiger partial charge in [-0.15, -0.1) is 0 Å². The quantitative estimate of drug-likeness (QED) is 0.164. The minimum absolute atomic E-state index is 0.0732. The SMILES string of the molecule is Oc1cc(O)c(-c2nc3c4ccccc4c4ccccc4c3[nH]2)cc1-c1nc2c3ccccc3c3ccccc3c2[nH]1. The van der Waals surface area contributed by atoms with Gasteiger partial charge in [0, 0.05) is 27.6 Å². The summed E-state index contributed by atoms with van der Waals surface area (Å²) in [7, 11) is 0. The highest BCUT2D eigenvalue weighted by molar-refractivity contribution is 6.24. The molecule has 2 aromatic heterocycles. The van der Waals surface area contributed by atoms with Gasteiger partial charge in [0.1, 0.15) is 23.1 Å². The van der Waals surface area contributed by atoms with Crippen molar-refractivity contribution < 1.29 is 10.2 Å². The van der Waals surface area contributed by atoms with E-state index in [4.69, 9.17) is 9.97 Å². The van der Waals surface area contributed by atoms with E-state index in [1.54, 1.807) is 6.07 Å². The number of rotatable bonds is 2. The second-order valence-electron chi connectivity index (χ2n) is 10.7. The van der Waals surface area contributed by atoms with Crippen LogP contribution in [-0.2, 0) is 0 Å². The number of aromatic amines is 2. The maximum atomic E-state index is 11.0. The molecule has 0 spiro atoms. The molecule has 0 radical (unpaired) electrons. The molecule has 0 aliphatic carbocycles. The summed E-state index contributed by atoms with van der Waals surface area (Å²) < 4.78 is 0. The first-order valence-electron chi connectivity index (χ1n) is 13.8. The van der Waals surface area contributed by atoms with E-state index in [1.165, 1.54) is 6.07 Å². The van der Waals surface area contributed by atoms with E-state index in [1.807, 2.05) is 48.5 Å². The van der Waals surface area contributed by atoms with Crippen LogP contribution >= 0.6 is 0 Å². The monoisotopic (exact) mass is 542 g/mol. The molecular weight excluding hydrogens is 520 g/mol. The average Bonchev–Trinajstić information content (AvgIpc) is 3.68. The van der Waals surface area contributed by atoms with Crippen LogP contribution in [0.15, 0.2) is 109 Å². The molecule has 198 valence electrons. The number of imidazole rings is 2. The van der Waals surface area contributed by atoms with Crippen LogP contribution in [0.25, 0.3) is 87.9 Å². The predicted octanol–water partition coefficient (Wildman–Crippen LogP) is 8.80. The van der Waals surface area contributed by atoms with Crippen LogP contribution < -0.4 is 0 Å². The number of H-pyrrole nitrogens is 2. The van der Waals surface area contributed by atoms with Gasteiger partial charge in [0.25, 0.3) is 0 Å². The minimum atomic E-state index is -0.0732. The first kappa shape index (κ1) is 22.9. The fourth-order valence-corrected chi connectivity index (χ4v) is 6.46. The van der Waals surface area contributed by atoms with Crippen molar-refractivity contribution in [2.75, 3.05) is 0 Å². The Hall–Kier alpha value is -5.88. The molecule has 0 fully saturated rings. The Labute approximate surface area is 238 Å². The van der Waals surface area contributed by atoms with Crippen LogP contribution in [0.3, 0.4) is 0 Å². The number of benzene rings is 7. The molecule has 9 aromatic rings. The molecule has 6 nitrogen and oxygen atoms in total. The molecule has 0 atom stereocenters.